The zero-order chi connectivity index (χ0) is 10.5. The first-order valence-electron chi connectivity index (χ1n) is 5.92. The van der Waals surface area contributed by atoms with Crippen LogP contribution < -0.4 is 5.73 Å². The quantitative estimate of drug-likeness (QED) is 0.762. The molecule has 2 N–H and O–H groups in total. The second-order valence-electron chi connectivity index (χ2n) is 4.35. The van der Waals surface area contributed by atoms with Crippen LogP contribution in [0, 0.1) is 0 Å². The van der Waals surface area contributed by atoms with Gasteiger partial charge >= 0.3 is 0 Å². The van der Waals surface area contributed by atoms with Gasteiger partial charge < -0.3 is 10.6 Å². The number of nitrogens with two attached hydrogens (primary N) is 1. The Labute approximate surface area is 92.1 Å². The molecule has 2 heteroatoms. The van der Waals surface area contributed by atoms with E-state index in [1.54, 1.807) is 0 Å². The lowest BCUT2D eigenvalue weighted by Crippen LogP contribution is -2.20. The van der Waals surface area contributed by atoms with Crippen LogP contribution >= 0.6 is 0 Å². The van der Waals surface area contributed by atoms with Gasteiger partial charge in [-0.25, -0.2) is 0 Å². The number of hydrogen-bond donors (Lipinski definition) is 1. The molecule has 0 radical (unpaired) electrons. The maximum Gasteiger partial charge on any atom is 0.0346 e. The van der Waals surface area contributed by atoms with Gasteiger partial charge in [-0.2, -0.15) is 0 Å². The molecule has 1 saturated heterocycles. The molecule has 15 heavy (non-hydrogen) atoms. The highest BCUT2D eigenvalue weighted by atomic mass is 15.1. The Morgan fingerprint density at radius 2 is 1.87 bits per heavy atom. The van der Waals surface area contributed by atoms with Crippen molar-refractivity contribution in [1.29, 1.82) is 0 Å². The van der Waals surface area contributed by atoms with Crippen molar-refractivity contribution in [2.45, 2.75) is 25.7 Å². The van der Waals surface area contributed by atoms with E-state index in [1.807, 2.05) is 12.1 Å². The third-order valence-corrected chi connectivity index (χ3v) is 3.17. The molecule has 0 atom stereocenters. The minimum Gasteiger partial charge on any atom is -0.399 e. The molecule has 0 aromatic heterocycles. The Morgan fingerprint density at radius 1 is 1.13 bits per heavy atom. The Hall–Kier alpha value is -1.02. The van der Waals surface area contributed by atoms with Gasteiger partial charge in [0.2, 0.25) is 0 Å². The number of benzene rings is 1. The second kappa shape index (κ2) is 5.17. The molecule has 1 aromatic rings. The number of hydrogen-bond acceptors (Lipinski definition) is 2. The SMILES string of the molecule is Nc1ccccc1CCCN1CCCC1. The molecule has 1 fully saturated rings. The molecule has 2 rings (SSSR count). The largest absolute Gasteiger partial charge is 0.399 e. The van der Waals surface area contributed by atoms with Crippen molar-refractivity contribution >= 4 is 5.69 Å². The fourth-order valence-electron chi connectivity index (χ4n) is 2.26. The van der Waals surface area contributed by atoms with Crippen molar-refractivity contribution in [3.8, 4) is 0 Å². The van der Waals surface area contributed by atoms with Gasteiger partial charge in [-0.1, -0.05) is 18.2 Å². The lowest BCUT2D eigenvalue weighted by molar-refractivity contribution is 0.334. The molecule has 0 saturated carbocycles. The van der Waals surface area contributed by atoms with Crippen LogP contribution in [0.4, 0.5) is 5.69 Å². The van der Waals surface area contributed by atoms with Gasteiger partial charge in [0.25, 0.3) is 0 Å². The average Bonchev–Trinajstić information content (AvgIpc) is 2.74. The molecule has 0 bridgehead atoms. The zero-order valence-electron chi connectivity index (χ0n) is 9.28. The second-order valence-corrected chi connectivity index (χ2v) is 4.35. The van der Waals surface area contributed by atoms with Crippen LogP contribution in [-0.4, -0.2) is 24.5 Å². The van der Waals surface area contributed by atoms with Crippen molar-refractivity contribution in [2.75, 3.05) is 25.4 Å². The van der Waals surface area contributed by atoms with E-state index < -0.39 is 0 Å². The van der Waals surface area contributed by atoms with Gasteiger partial charge in [-0.05, 0) is 56.9 Å². The summed E-state index contributed by atoms with van der Waals surface area (Å²) in [6.45, 7) is 3.82. The van der Waals surface area contributed by atoms with Gasteiger partial charge in [0.15, 0.2) is 0 Å². The van der Waals surface area contributed by atoms with Gasteiger partial charge in [0.05, 0.1) is 0 Å². The van der Waals surface area contributed by atoms with Gasteiger partial charge in [0, 0.05) is 5.69 Å². The van der Waals surface area contributed by atoms with E-state index in [1.165, 1.54) is 44.5 Å². The first-order valence-corrected chi connectivity index (χ1v) is 5.92. The lowest BCUT2D eigenvalue weighted by Gasteiger charge is -2.14. The summed E-state index contributed by atoms with van der Waals surface area (Å²) in [7, 11) is 0. The summed E-state index contributed by atoms with van der Waals surface area (Å²) in [5.41, 5.74) is 8.15. The standard InChI is InChI=1S/C13H20N2/c14-13-8-2-1-6-12(13)7-5-11-15-9-3-4-10-15/h1-2,6,8H,3-5,7,9-11,14H2. The minimum absolute atomic E-state index is 0.943. The summed E-state index contributed by atoms with van der Waals surface area (Å²) in [5, 5.41) is 0. The summed E-state index contributed by atoms with van der Waals surface area (Å²) in [6, 6.07) is 8.20. The number of nitrogen functional groups attached to an aromatic ring is 1. The average molecular weight is 204 g/mol. The van der Waals surface area contributed by atoms with Crippen molar-refractivity contribution in [3.05, 3.63) is 29.8 Å². The van der Waals surface area contributed by atoms with Crippen LogP contribution in [0.25, 0.3) is 0 Å². The maximum atomic E-state index is 5.90. The van der Waals surface area contributed by atoms with Crippen LogP contribution in [-0.2, 0) is 6.42 Å². The molecule has 1 heterocycles. The first kappa shape index (κ1) is 10.5. The Bertz CT molecular complexity index is 303. The smallest absolute Gasteiger partial charge is 0.0346 e. The molecule has 1 aliphatic rings. The number of para-hydroxylation sites is 1. The molecule has 0 unspecified atom stereocenters. The highest BCUT2D eigenvalue weighted by molar-refractivity contribution is 5.46. The first-order chi connectivity index (χ1) is 7.36. The fraction of sp³-hybridized carbons (Fsp3) is 0.538. The Morgan fingerprint density at radius 3 is 2.60 bits per heavy atom. The van der Waals surface area contributed by atoms with E-state index >= 15 is 0 Å². The van der Waals surface area contributed by atoms with Crippen molar-refractivity contribution in [2.24, 2.45) is 0 Å². The molecular weight excluding hydrogens is 184 g/mol. The number of likely N-dealkylation sites (tertiary alicyclic amines) is 1. The number of rotatable bonds is 4. The highest BCUT2D eigenvalue weighted by Crippen LogP contribution is 2.14. The van der Waals surface area contributed by atoms with Crippen molar-refractivity contribution in [3.63, 3.8) is 0 Å². The Balaban J connectivity index is 1.75. The lowest BCUT2D eigenvalue weighted by atomic mass is 10.1. The van der Waals surface area contributed by atoms with E-state index in [0.29, 0.717) is 0 Å². The van der Waals surface area contributed by atoms with Crippen molar-refractivity contribution < 1.29 is 0 Å². The molecule has 1 aliphatic heterocycles. The van der Waals surface area contributed by atoms with Crippen LogP contribution in [0.1, 0.15) is 24.8 Å². The highest BCUT2D eigenvalue weighted by Gasteiger charge is 2.10. The topological polar surface area (TPSA) is 29.3 Å². The van der Waals surface area contributed by atoms with E-state index in [-0.39, 0.29) is 0 Å². The van der Waals surface area contributed by atoms with E-state index in [4.69, 9.17) is 5.73 Å². The third-order valence-electron chi connectivity index (χ3n) is 3.17. The summed E-state index contributed by atoms with van der Waals surface area (Å²) >= 11 is 0. The predicted molar refractivity (Wildman–Crippen MR) is 64.8 cm³/mol. The number of anilines is 1. The number of aryl methyl sites for hydroxylation is 1. The fourth-order valence-corrected chi connectivity index (χ4v) is 2.26. The summed E-state index contributed by atoms with van der Waals surface area (Å²) in [4.78, 5) is 2.55. The van der Waals surface area contributed by atoms with Gasteiger partial charge in [-0.15, -0.1) is 0 Å². The molecule has 0 aliphatic carbocycles. The molecule has 82 valence electrons. The summed E-state index contributed by atoms with van der Waals surface area (Å²) in [6.07, 6.45) is 5.11. The van der Waals surface area contributed by atoms with E-state index in [2.05, 4.69) is 17.0 Å². The molecule has 2 nitrogen and oxygen atoms in total. The summed E-state index contributed by atoms with van der Waals surface area (Å²) in [5.74, 6) is 0. The van der Waals surface area contributed by atoms with Crippen molar-refractivity contribution in [1.82, 2.24) is 4.90 Å². The van der Waals surface area contributed by atoms with Gasteiger partial charge in [-0.3, -0.25) is 0 Å². The normalized spacial score (nSPS) is 17.1. The van der Waals surface area contributed by atoms with E-state index in [0.717, 1.165) is 12.1 Å². The van der Waals surface area contributed by atoms with Crippen LogP contribution in [0.2, 0.25) is 0 Å². The Kier molecular flexibility index (Phi) is 3.62. The molecular formula is C13H20N2. The zero-order valence-corrected chi connectivity index (χ0v) is 9.28. The molecule has 1 aromatic carbocycles. The monoisotopic (exact) mass is 204 g/mol. The van der Waals surface area contributed by atoms with Crippen LogP contribution in [0.3, 0.4) is 0 Å². The van der Waals surface area contributed by atoms with Gasteiger partial charge in [0.1, 0.15) is 0 Å². The van der Waals surface area contributed by atoms with Crippen LogP contribution in [0.5, 0.6) is 0 Å². The summed E-state index contributed by atoms with van der Waals surface area (Å²) < 4.78 is 0. The third kappa shape index (κ3) is 2.96. The molecule has 0 amide bonds. The minimum atomic E-state index is 0.943. The molecule has 0 spiro atoms. The predicted octanol–water partition coefficient (Wildman–Crippen LogP) is 2.30. The van der Waals surface area contributed by atoms with E-state index in [9.17, 15) is 0 Å². The maximum absolute atomic E-state index is 5.90. The number of nitrogens with zero attached hydrogens (tertiary/aromatic N) is 1. The van der Waals surface area contributed by atoms with Crippen LogP contribution in [0.15, 0.2) is 24.3 Å².